The number of rotatable bonds is 3. The van der Waals surface area contributed by atoms with Crippen molar-refractivity contribution in [1.29, 1.82) is 0 Å². The number of ketones is 2. The van der Waals surface area contributed by atoms with Crippen LogP contribution in [0.5, 0.6) is 0 Å². The Morgan fingerprint density at radius 3 is 2.31 bits per heavy atom. The molecule has 6 rings (SSSR count). The number of hydrogen-bond donors (Lipinski definition) is 1. The third-order valence-corrected chi connectivity index (χ3v) is 7.92. The molecule has 3 aromatic carbocycles. The summed E-state index contributed by atoms with van der Waals surface area (Å²) < 4.78 is 0. The molecule has 0 saturated carbocycles. The zero-order valence-corrected chi connectivity index (χ0v) is 20.6. The molecule has 0 bridgehead atoms. The Kier molecular flexibility index (Phi) is 4.84. The highest BCUT2D eigenvalue weighted by molar-refractivity contribution is 6.15. The standard InChI is InChI=1S/C31H28N2O3/c1-30(2,3)28(35)25-24(26(34)20-12-5-4-6-13-20)31(22-15-9-10-16-23(22)32-29(31)36)27-21-14-8-7-11-19(21)17-18-33(25)27/h4-18,24-25,27H,1-3H3,(H,32,36)/t24-,25-,27+,31+/m0/s1. The fraction of sp³-hybridized carbons (Fsp3) is 0.258. The topological polar surface area (TPSA) is 66.5 Å². The van der Waals surface area contributed by atoms with E-state index in [1.54, 1.807) is 12.1 Å². The van der Waals surface area contributed by atoms with Crippen molar-refractivity contribution in [3.8, 4) is 0 Å². The van der Waals surface area contributed by atoms with Crippen LogP contribution in [0.4, 0.5) is 5.69 Å². The van der Waals surface area contributed by atoms with Gasteiger partial charge in [-0.25, -0.2) is 0 Å². The first-order valence-corrected chi connectivity index (χ1v) is 12.4. The zero-order chi connectivity index (χ0) is 25.2. The van der Waals surface area contributed by atoms with Gasteiger partial charge in [-0.05, 0) is 28.8 Å². The number of amides is 1. The van der Waals surface area contributed by atoms with Crippen molar-refractivity contribution in [2.75, 3.05) is 5.32 Å². The van der Waals surface area contributed by atoms with E-state index in [1.165, 1.54) is 0 Å². The lowest BCUT2D eigenvalue weighted by molar-refractivity contribution is -0.131. The smallest absolute Gasteiger partial charge is 0.238 e. The van der Waals surface area contributed by atoms with Crippen LogP contribution in [0.3, 0.4) is 0 Å². The van der Waals surface area contributed by atoms with E-state index in [4.69, 9.17) is 0 Å². The number of carbonyl (C=O) groups is 3. The highest BCUT2D eigenvalue weighted by Crippen LogP contribution is 2.62. The Morgan fingerprint density at radius 2 is 1.56 bits per heavy atom. The second kappa shape index (κ2) is 7.76. The van der Waals surface area contributed by atoms with Gasteiger partial charge in [0.25, 0.3) is 0 Å². The Morgan fingerprint density at radius 1 is 0.889 bits per heavy atom. The molecule has 0 unspecified atom stereocenters. The predicted molar refractivity (Wildman–Crippen MR) is 139 cm³/mol. The van der Waals surface area contributed by atoms with Crippen LogP contribution in [0.25, 0.3) is 6.08 Å². The highest BCUT2D eigenvalue weighted by Gasteiger charge is 2.71. The highest BCUT2D eigenvalue weighted by atomic mass is 16.2. The van der Waals surface area contributed by atoms with Gasteiger partial charge in [0.2, 0.25) is 5.91 Å². The van der Waals surface area contributed by atoms with Crippen LogP contribution >= 0.6 is 0 Å². The second-order valence-electron chi connectivity index (χ2n) is 10.9. The molecule has 180 valence electrons. The van der Waals surface area contributed by atoms with Gasteiger partial charge in [0.1, 0.15) is 5.41 Å². The number of fused-ring (bicyclic) bond motifs is 6. The summed E-state index contributed by atoms with van der Waals surface area (Å²) >= 11 is 0. The van der Waals surface area contributed by atoms with E-state index >= 15 is 0 Å². The van der Waals surface area contributed by atoms with E-state index in [0.717, 1.165) is 16.7 Å². The molecular formula is C31H28N2O3. The monoisotopic (exact) mass is 476 g/mol. The first-order valence-electron chi connectivity index (χ1n) is 12.4. The molecule has 5 nitrogen and oxygen atoms in total. The fourth-order valence-corrected chi connectivity index (χ4v) is 6.39. The molecule has 36 heavy (non-hydrogen) atoms. The summed E-state index contributed by atoms with van der Waals surface area (Å²) in [7, 11) is 0. The molecule has 3 aliphatic rings. The number of hydrogen-bond acceptors (Lipinski definition) is 4. The lowest BCUT2D eigenvalue weighted by Crippen LogP contribution is -2.50. The maximum absolute atomic E-state index is 14.5. The van der Waals surface area contributed by atoms with Crippen molar-refractivity contribution in [2.45, 2.75) is 38.3 Å². The van der Waals surface area contributed by atoms with Gasteiger partial charge in [-0.1, -0.05) is 93.6 Å². The summed E-state index contributed by atoms with van der Waals surface area (Å²) in [5, 5.41) is 3.08. The summed E-state index contributed by atoms with van der Waals surface area (Å²) in [5.41, 5.74) is 1.93. The zero-order valence-electron chi connectivity index (χ0n) is 20.6. The molecule has 0 aromatic heterocycles. The molecule has 1 amide bonds. The molecule has 3 aliphatic heterocycles. The molecule has 1 spiro atoms. The summed E-state index contributed by atoms with van der Waals surface area (Å²) in [6, 6.07) is 23.3. The first-order chi connectivity index (χ1) is 17.3. The van der Waals surface area contributed by atoms with E-state index in [2.05, 4.69) is 5.32 Å². The summed E-state index contributed by atoms with van der Waals surface area (Å²) in [4.78, 5) is 44.9. The largest absolute Gasteiger partial charge is 0.358 e. The van der Waals surface area contributed by atoms with Gasteiger partial charge >= 0.3 is 0 Å². The molecular weight excluding hydrogens is 448 g/mol. The first kappa shape index (κ1) is 22.5. The minimum atomic E-state index is -1.27. The Labute approximate surface area is 210 Å². The molecule has 4 atom stereocenters. The van der Waals surface area contributed by atoms with Crippen molar-refractivity contribution in [2.24, 2.45) is 11.3 Å². The van der Waals surface area contributed by atoms with Crippen molar-refractivity contribution in [1.82, 2.24) is 4.90 Å². The summed E-state index contributed by atoms with van der Waals surface area (Å²) in [6.07, 6.45) is 3.89. The molecule has 1 fully saturated rings. The molecule has 0 aliphatic carbocycles. The van der Waals surface area contributed by atoms with Gasteiger partial charge in [0.05, 0.1) is 18.0 Å². The normalized spacial score (nSPS) is 25.8. The number of nitrogens with zero attached hydrogens (tertiary/aromatic N) is 1. The molecule has 0 radical (unpaired) electrons. The quantitative estimate of drug-likeness (QED) is 0.514. The Balaban J connectivity index is 1.70. The van der Waals surface area contributed by atoms with E-state index in [9.17, 15) is 14.4 Å². The fourth-order valence-electron chi connectivity index (χ4n) is 6.39. The van der Waals surface area contributed by atoms with Crippen LogP contribution in [-0.2, 0) is 15.0 Å². The maximum atomic E-state index is 14.5. The van der Waals surface area contributed by atoms with Gasteiger partial charge < -0.3 is 10.2 Å². The molecule has 3 aromatic rings. The third-order valence-electron chi connectivity index (χ3n) is 7.92. The van der Waals surface area contributed by atoms with Gasteiger partial charge in [0.15, 0.2) is 11.6 Å². The van der Waals surface area contributed by atoms with Crippen molar-refractivity contribution >= 4 is 29.2 Å². The summed E-state index contributed by atoms with van der Waals surface area (Å²) in [6.45, 7) is 5.64. The van der Waals surface area contributed by atoms with Gasteiger partial charge in [0, 0.05) is 22.9 Å². The van der Waals surface area contributed by atoms with Crippen LogP contribution in [0.1, 0.15) is 53.9 Å². The lowest BCUT2D eigenvalue weighted by Gasteiger charge is -2.38. The van der Waals surface area contributed by atoms with Crippen molar-refractivity contribution in [3.63, 3.8) is 0 Å². The number of para-hydroxylation sites is 1. The van der Waals surface area contributed by atoms with Gasteiger partial charge in [-0.2, -0.15) is 0 Å². The Bertz CT molecular complexity index is 1440. The molecule has 1 saturated heterocycles. The molecule has 1 N–H and O–H groups in total. The van der Waals surface area contributed by atoms with E-state index in [-0.39, 0.29) is 17.5 Å². The summed E-state index contributed by atoms with van der Waals surface area (Å²) in [5.74, 6) is -1.39. The number of nitrogens with one attached hydrogen (secondary N) is 1. The average molecular weight is 477 g/mol. The molecule has 5 heteroatoms. The SMILES string of the molecule is CC(C)(C)C(=O)[C@@H]1[C@@H](C(=O)c2ccccc2)[C@@]2(C(=O)Nc3ccccc32)[C@H]2c3ccccc3C=CN12. The van der Waals surface area contributed by atoms with Crippen LogP contribution in [0.15, 0.2) is 85.1 Å². The van der Waals surface area contributed by atoms with E-state index < -0.39 is 28.8 Å². The third kappa shape index (κ3) is 2.92. The Hall–Kier alpha value is -3.99. The predicted octanol–water partition coefficient (Wildman–Crippen LogP) is 5.40. The van der Waals surface area contributed by atoms with Gasteiger partial charge in [-0.15, -0.1) is 0 Å². The second-order valence-corrected chi connectivity index (χ2v) is 10.9. The maximum Gasteiger partial charge on any atom is 0.238 e. The number of anilines is 1. The number of carbonyl (C=O) groups excluding carboxylic acids is 3. The van der Waals surface area contributed by atoms with Crippen LogP contribution in [0, 0.1) is 11.3 Å². The number of benzene rings is 3. The van der Waals surface area contributed by atoms with E-state index in [0.29, 0.717) is 11.3 Å². The average Bonchev–Trinajstić information content (AvgIpc) is 3.35. The van der Waals surface area contributed by atoms with Crippen LogP contribution in [0.2, 0.25) is 0 Å². The molecule has 3 heterocycles. The minimum absolute atomic E-state index is 0.0557. The van der Waals surface area contributed by atoms with Crippen LogP contribution < -0.4 is 5.32 Å². The number of Topliss-reactive ketones (excluding diaryl/α,β-unsaturated/α-hetero) is 2. The lowest BCUT2D eigenvalue weighted by atomic mass is 9.62. The minimum Gasteiger partial charge on any atom is -0.358 e. The van der Waals surface area contributed by atoms with Gasteiger partial charge in [-0.3, -0.25) is 14.4 Å². The van der Waals surface area contributed by atoms with Crippen LogP contribution in [-0.4, -0.2) is 28.4 Å². The van der Waals surface area contributed by atoms with Crippen molar-refractivity contribution in [3.05, 3.63) is 107 Å². The van der Waals surface area contributed by atoms with E-state index in [1.807, 2.05) is 105 Å². The van der Waals surface area contributed by atoms with Crippen molar-refractivity contribution < 1.29 is 14.4 Å².